The maximum atomic E-state index is 12.4. The quantitative estimate of drug-likeness (QED) is 0.231. The number of hydrogen-bond acceptors (Lipinski definition) is 9. The average Bonchev–Trinajstić information content (AvgIpc) is 2.71. The highest BCUT2D eigenvalue weighted by atomic mass is 35.5. The fraction of sp³-hybridized carbons (Fsp3) is 0.167. The Balaban J connectivity index is 2.54. The lowest BCUT2D eigenvalue weighted by Gasteiger charge is -2.13. The molecule has 0 atom stereocenters. The number of nitro benzene ring substituents is 1. The first kappa shape index (κ1) is 22.3. The Kier molecular flexibility index (Phi) is 7.00. The van der Waals surface area contributed by atoms with Gasteiger partial charge in [0.25, 0.3) is 11.2 Å². The van der Waals surface area contributed by atoms with Gasteiger partial charge in [0.2, 0.25) is 5.88 Å². The SMILES string of the molecule is C=CC(=O)OCCn1c(O)c(N=Nc2ccc(Cl)cc2[N+](=O)[O-])c(C)c(C#N)c1=O. The molecule has 0 radical (unpaired) electrons. The molecule has 11 nitrogen and oxygen atoms in total. The first-order valence-corrected chi connectivity index (χ1v) is 8.60. The number of nitro groups is 1. The highest BCUT2D eigenvalue weighted by molar-refractivity contribution is 6.30. The van der Waals surface area contributed by atoms with Gasteiger partial charge >= 0.3 is 5.97 Å². The van der Waals surface area contributed by atoms with Crippen molar-refractivity contribution in [2.75, 3.05) is 6.61 Å². The van der Waals surface area contributed by atoms with Crippen LogP contribution in [0.25, 0.3) is 0 Å². The Morgan fingerprint density at radius 3 is 2.80 bits per heavy atom. The minimum Gasteiger partial charge on any atom is -0.493 e. The lowest BCUT2D eigenvalue weighted by molar-refractivity contribution is -0.384. The van der Waals surface area contributed by atoms with E-state index in [0.717, 1.165) is 16.7 Å². The Morgan fingerprint density at radius 1 is 1.50 bits per heavy atom. The molecule has 0 saturated carbocycles. The van der Waals surface area contributed by atoms with Crippen molar-refractivity contribution < 1.29 is 19.6 Å². The second kappa shape index (κ2) is 9.44. The van der Waals surface area contributed by atoms with Crippen molar-refractivity contribution in [3.8, 4) is 11.9 Å². The van der Waals surface area contributed by atoms with Gasteiger partial charge in [0.1, 0.15) is 18.2 Å². The van der Waals surface area contributed by atoms with Crippen LogP contribution in [0.3, 0.4) is 0 Å². The van der Waals surface area contributed by atoms with E-state index in [1.807, 2.05) is 0 Å². The number of aromatic hydroxyl groups is 1. The molecular formula is C18H14ClN5O6. The minimum absolute atomic E-state index is 0.0275. The summed E-state index contributed by atoms with van der Waals surface area (Å²) in [7, 11) is 0. The van der Waals surface area contributed by atoms with E-state index in [0.29, 0.717) is 0 Å². The largest absolute Gasteiger partial charge is 0.493 e. The third kappa shape index (κ3) is 4.68. The summed E-state index contributed by atoms with van der Waals surface area (Å²) in [6, 6.07) is 5.43. The summed E-state index contributed by atoms with van der Waals surface area (Å²) in [6.45, 7) is 4.04. The van der Waals surface area contributed by atoms with Gasteiger partial charge in [-0.1, -0.05) is 18.2 Å². The monoisotopic (exact) mass is 431 g/mol. The average molecular weight is 432 g/mol. The van der Waals surface area contributed by atoms with Gasteiger partial charge in [0, 0.05) is 22.7 Å². The lowest BCUT2D eigenvalue weighted by Crippen LogP contribution is -2.26. The van der Waals surface area contributed by atoms with Crippen LogP contribution in [0.5, 0.6) is 5.88 Å². The van der Waals surface area contributed by atoms with Gasteiger partial charge in [-0.2, -0.15) is 5.26 Å². The molecule has 1 aromatic carbocycles. The number of carbonyl (C=O) groups excluding carboxylic acids is 1. The number of pyridine rings is 1. The van der Waals surface area contributed by atoms with Crippen molar-refractivity contribution in [1.82, 2.24) is 4.57 Å². The normalized spacial score (nSPS) is 10.6. The van der Waals surface area contributed by atoms with E-state index >= 15 is 0 Å². The van der Waals surface area contributed by atoms with E-state index in [4.69, 9.17) is 16.3 Å². The van der Waals surface area contributed by atoms with Gasteiger partial charge in [-0.3, -0.25) is 19.5 Å². The van der Waals surface area contributed by atoms with Crippen molar-refractivity contribution >= 4 is 34.6 Å². The van der Waals surface area contributed by atoms with E-state index in [2.05, 4.69) is 16.8 Å². The summed E-state index contributed by atoms with van der Waals surface area (Å²) >= 11 is 5.75. The second-order valence-corrected chi connectivity index (χ2v) is 6.14. The summed E-state index contributed by atoms with van der Waals surface area (Å²) in [5, 5.41) is 38.7. The first-order chi connectivity index (χ1) is 14.2. The molecule has 2 aromatic rings. The highest BCUT2D eigenvalue weighted by Gasteiger charge is 2.20. The molecule has 154 valence electrons. The van der Waals surface area contributed by atoms with Gasteiger partial charge in [0.05, 0.1) is 11.5 Å². The fourth-order valence-electron chi connectivity index (χ4n) is 2.39. The summed E-state index contributed by atoms with van der Waals surface area (Å²) in [5.41, 5.74) is -1.93. The molecular weight excluding hydrogens is 418 g/mol. The smallest absolute Gasteiger partial charge is 0.330 e. The van der Waals surface area contributed by atoms with Crippen LogP contribution in [-0.4, -0.2) is 27.2 Å². The zero-order valence-corrected chi connectivity index (χ0v) is 16.3. The van der Waals surface area contributed by atoms with Crippen LogP contribution in [0.2, 0.25) is 5.02 Å². The molecule has 0 amide bonds. The lowest BCUT2D eigenvalue weighted by atomic mass is 10.1. The molecule has 1 aromatic heterocycles. The number of nitrogens with zero attached hydrogens (tertiary/aromatic N) is 5. The maximum Gasteiger partial charge on any atom is 0.330 e. The van der Waals surface area contributed by atoms with Gasteiger partial charge in [-0.15, -0.1) is 10.2 Å². The Labute approximate surface area is 174 Å². The third-order valence-electron chi connectivity index (χ3n) is 3.89. The van der Waals surface area contributed by atoms with E-state index in [-0.39, 0.29) is 40.7 Å². The standard InChI is InChI=1S/C18H14ClN5O6/c1-3-15(25)30-7-6-23-17(26)12(9-20)10(2)16(18(23)27)22-21-13-5-4-11(19)8-14(13)24(28)29/h3-5,8,27H,1,6-7H2,2H3. The molecule has 30 heavy (non-hydrogen) atoms. The van der Waals surface area contributed by atoms with E-state index in [1.165, 1.54) is 19.1 Å². The zero-order valence-electron chi connectivity index (χ0n) is 15.5. The highest BCUT2D eigenvalue weighted by Crippen LogP contribution is 2.35. The molecule has 0 saturated heterocycles. The van der Waals surface area contributed by atoms with Gasteiger partial charge < -0.3 is 9.84 Å². The Bertz CT molecular complexity index is 1170. The molecule has 2 rings (SSSR count). The van der Waals surface area contributed by atoms with Crippen LogP contribution in [0.1, 0.15) is 11.1 Å². The van der Waals surface area contributed by atoms with Crippen molar-refractivity contribution in [3.05, 3.63) is 67.5 Å². The Hall–Kier alpha value is -4.04. The molecule has 0 aliphatic carbocycles. The zero-order chi connectivity index (χ0) is 22.4. The molecule has 0 bridgehead atoms. The number of hydrogen-bond donors (Lipinski definition) is 1. The predicted molar refractivity (Wildman–Crippen MR) is 105 cm³/mol. The second-order valence-electron chi connectivity index (χ2n) is 5.70. The van der Waals surface area contributed by atoms with E-state index < -0.39 is 28.0 Å². The van der Waals surface area contributed by atoms with Crippen LogP contribution < -0.4 is 5.56 Å². The summed E-state index contributed by atoms with van der Waals surface area (Å²) in [4.78, 5) is 34.1. The van der Waals surface area contributed by atoms with Crippen LogP contribution in [-0.2, 0) is 16.1 Å². The maximum absolute atomic E-state index is 12.4. The van der Waals surface area contributed by atoms with E-state index in [9.17, 15) is 30.1 Å². The van der Waals surface area contributed by atoms with Gasteiger partial charge in [0.15, 0.2) is 11.4 Å². The number of rotatable bonds is 7. The third-order valence-corrected chi connectivity index (χ3v) is 4.12. The van der Waals surface area contributed by atoms with Crippen LogP contribution in [0, 0.1) is 28.4 Å². The molecule has 1 heterocycles. The molecule has 1 N–H and O–H groups in total. The van der Waals surface area contributed by atoms with Gasteiger partial charge in [-0.25, -0.2) is 4.79 Å². The molecule has 0 unspecified atom stereocenters. The first-order valence-electron chi connectivity index (χ1n) is 8.22. The number of carbonyl (C=O) groups is 1. The van der Waals surface area contributed by atoms with Gasteiger partial charge in [-0.05, 0) is 19.1 Å². The molecule has 0 fully saturated rings. The molecule has 0 aliphatic heterocycles. The summed E-state index contributed by atoms with van der Waals surface area (Å²) < 4.78 is 5.56. The van der Waals surface area contributed by atoms with Crippen molar-refractivity contribution in [1.29, 1.82) is 5.26 Å². The Morgan fingerprint density at radius 2 is 2.20 bits per heavy atom. The number of halogens is 1. The topological polar surface area (TPSA) is 160 Å². The molecule has 0 aliphatic rings. The number of ether oxygens (including phenoxy) is 1. The van der Waals surface area contributed by atoms with Crippen LogP contribution in [0.15, 0.2) is 45.9 Å². The number of esters is 1. The predicted octanol–water partition coefficient (Wildman–Crippen LogP) is 3.44. The number of azo groups is 1. The van der Waals surface area contributed by atoms with Crippen molar-refractivity contribution in [2.24, 2.45) is 10.2 Å². The number of benzene rings is 1. The van der Waals surface area contributed by atoms with Crippen molar-refractivity contribution in [3.63, 3.8) is 0 Å². The number of nitriles is 1. The molecule has 12 heteroatoms. The minimum atomic E-state index is -0.821. The summed E-state index contributed by atoms with van der Waals surface area (Å²) in [6.07, 6.45) is 0.928. The fourth-order valence-corrected chi connectivity index (χ4v) is 2.56. The molecule has 0 spiro atoms. The van der Waals surface area contributed by atoms with Crippen molar-refractivity contribution in [2.45, 2.75) is 13.5 Å². The van der Waals surface area contributed by atoms with E-state index in [1.54, 1.807) is 6.07 Å². The van der Waals surface area contributed by atoms with Crippen LogP contribution >= 0.6 is 11.6 Å². The summed E-state index contributed by atoms with van der Waals surface area (Å²) in [5.74, 6) is -1.38. The number of aromatic nitrogens is 1. The van der Waals surface area contributed by atoms with Crippen LogP contribution in [0.4, 0.5) is 17.1 Å².